The quantitative estimate of drug-likeness (QED) is 0.824. The number of benzene rings is 1. The van der Waals surface area contributed by atoms with E-state index in [4.69, 9.17) is 10.5 Å². The molecule has 0 aromatic heterocycles. The molecule has 0 radical (unpaired) electrons. The predicted molar refractivity (Wildman–Crippen MR) is 67.3 cm³/mol. The third-order valence-corrected chi connectivity index (χ3v) is 3.10. The second-order valence-electron chi connectivity index (χ2n) is 4.23. The summed E-state index contributed by atoms with van der Waals surface area (Å²) in [4.78, 5) is 2.04. The summed E-state index contributed by atoms with van der Waals surface area (Å²) in [5.41, 5.74) is 6.27. The van der Waals surface area contributed by atoms with E-state index in [1.807, 2.05) is 24.9 Å². The zero-order chi connectivity index (χ0) is 12.8. The lowest BCUT2D eigenvalue weighted by molar-refractivity contribution is 0.0665. The first-order valence-corrected chi connectivity index (χ1v) is 5.77. The van der Waals surface area contributed by atoms with Crippen LogP contribution in [0, 0.1) is 5.82 Å². The molecule has 2 atom stereocenters. The van der Waals surface area contributed by atoms with Crippen LogP contribution in [-0.4, -0.2) is 38.3 Å². The number of nitrogens with two attached hydrogens (primary N) is 1. The molecule has 0 bridgehead atoms. The van der Waals surface area contributed by atoms with Crippen molar-refractivity contribution in [1.29, 1.82) is 0 Å². The molecule has 1 rings (SSSR count). The van der Waals surface area contributed by atoms with Gasteiger partial charge in [-0.05, 0) is 20.0 Å². The number of rotatable bonds is 6. The van der Waals surface area contributed by atoms with Gasteiger partial charge in [0.1, 0.15) is 5.82 Å². The van der Waals surface area contributed by atoms with E-state index in [1.54, 1.807) is 19.2 Å². The molecule has 0 aliphatic rings. The van der Waals surface area contributed by atoms with E-state index < -0.39 is 0 Å². The van der Waals surface area contributed by atoms with Crippen molar-refractivity contribution in [3.63, 3.8) is 0 Å². The Morgan fingerprint density at radius 1 is 1.41 bits per heavy atom. The van der Waals surface area contributed by atoms with Gasteiger partial charge in [0.05, 0.1) is 6.10 Å². The number of nitrogens with zero attached hydrogens (tertiary/aromatic N) is 1. The van der Waals surface area contributed by atoms with E-state index in [0.29, 0.717) is 18.7 Å². The van der Waals surface area contributed by atoms with Gasteiger partial charge in [0, 0.05) is 31.8 Å². The Morgan fingerprint density at radius 2 is 2.06 bits per heavy atom. The number of methoxy groups -OCH3 is 1. The highest BCUT2D eigenvalue weighted by molar-refractivity contribution is 5.20. The second kappa shape index (κ2) is 6.69. The van der Waals surface area contributed by atoms with Gasteiger partial charge in [-0.1, -0.05) is 18.2 Å². The van der Waals surface area contributed by atoms with Crippen LogP contribution in [0.25, 0.3) is 0 Å². The number of hydrogen-bond donors (Lipinski definition) is 1. The first-order valence-electron chi connectivity index (χ1n) is 5.77. The first kappa shape index (κ1) is 14.1. The second-order valence-corrected chi connectivity index (χ2v) is 4.23. The number of halogens is 1. The average Bonchev–Trinajstić information content (AvgIpc) is 2.35. The molecule has 3 nitrogen and oxygen atoms in total. The van der Waals surface area contributed by atoms with Crippen LogP contribution in [0.5, 0.6) is 0 Å². The van der Waals surface area contributed by atoms with E-state index in [0.717, 1.165) is 0 Å². The molecule has 0 amide bonds. The summed E-state index contributed by atoms with van der Waals surface area (Å²) >= 11 is 0. The minimum absolute atomic E-state index is 0.000370. The number of likely N-dealkylation sites (N-methyl/N-ethyl adjacent to an activating group) is 1. The van der Waals surface area contributed by atoms with Crippen LogP contribution < -0.4 is 5.73 Å². The van der Waals surface area contributed by atoms with E-state index >= 15 is 0 Å². The fourth-order valence-electron chi connectivity index (χ4n) is 1.78. The molecule has 0 aliphatic carbocycles. The highest BCUT2D eigenvalue weighted by atomic mass is 19.1. The zero-order valence-corrected chi connectivity index (χ0v) is 10.7. The Balaban J connectivity index is 2.69. The Labute approximate surface area is 102 Å². The molecule has 0 saturated heterocycles. The monoisotopic (exact) mass is 240 g/mol. The van der Waals surface area contributed by atoms with Gasteiger partial charge in [-0.2, -0.15) is 0 Å². The van der Waals surface area contributed by atoms with E-state index in [-0.39, 0.29) is 18.0 Å². The van der Waals surface area contributed by atoms with Crippen LogP contribution in [0.2, 0.25) is 0 Å². The summed E-state index contributed by atoms with van der Waals surface area (Å²) in [6.45, 7) is 3.12. The van der Waals surface area contributed by atoms with Crippen molar-refractivity contribution in [1.82, 2.24) is 4.90 Å². The fourth-order valence-corrected chi connectivity index (χ4v) is 1.78. The normalized spacial score (nSPS) is 14.9. The van der Waals surface area contributed by atoms with Gasteiger partial charge in [-0.3, -0.25) is 4.90 Å². The van der Waals surface area contributed by atoms with E-state index in [1.165, 1.54) is 6.07 Å². The molecule has 2 unspecified atom stereocenters. The average molecular weight is 240 g/mol. The summed E-state index contributed by atoms with van der Waals surface area (Å²) in [6.07, 6.45) is -0.0192. The van der Waals surface area contributed by atoms with Crippen LogP contribution in [-0.2, 0) is 4.74 Å². The van der Waals surface area contributed by atoms with Crippen LogP contribution in [0.15, 0.2) is 24.3 Å². The van der Waals surface area contributed by atoms with Crippen LogP contribution in [0.4, 0.5) is 4.39 Å². The van der Waals surface area contributed by atoms with Crippen molar-refractivity contribution in [3.8, 4) is 0 Å². The molecule has 4 heteroatoms. The molecule has 0 heterocycles. The predicted octanol–water partition coefficient (Wildman–Crippen LogP) is 1.79. The molecular weight excluding hydrogens is 219 g/mol. The molecule has 0 saturated carbocycles. The number of ether oxygens (including phenoxy) is 1. The van der Waals surface area contributed by atoms with Gasteiger partial charge in [0.25, 0.3) is 0 Å². The van der Waals surface area contributed by atoms with E-state index in [9.17, 15) is 4.39 Å². The summed E-state index contributed by atoms with van der Waals surface area (Å²) in [5.74, 6) is -0.173. The Morgan fingerprint density at radius 3 is 2.59 bits per heavy atom. The van der Waals surface area contributed by atoms with Gasteiger partial charge >= 0.3 is 0 Å². The summed E-state index contributed by atoms with van der Waals surface area (Å²) in [7, 11) is 3.58. The smallest absolute Gasteiger partial charge is 0.127 e. The van der Waals surface area contributed by atoms with Crippen molar-refractivity contribution >= 4 is 0 Å². The molecule has 96 valence electrons. The first-order chi connectivity index (χ1) is 8.10. The van der Waals surface area contributed by atoms with Gasteiger partial charge < -0.3 is 10.5 Å². The maximum Gasteiger partial charge on any atom is 0.127 e. The molecule has 17 heavy (non-hydrogen) atoms. The van der Waals surface area contributed by atoms with Gasteiger partial charge in [0.15, 0.2) is 0 Å². The Hall–Kier alpha value is -0.970. The summed E-state index contributed by atoms with van der Waals surface area (Å²) < 4.78 is 18.8. The number of hydrogen-bond acceptors (Lipinski definition) is 3. The van der Waals surface area contributed by atoms with Crippen LogP contribution >= 0.6 is 0 Å². The lowest BCUT2D eigenvalue weighted by Crippen LogP contribution is -2.37. The molecular formula is C13H21FN2O. The highest BCUT2D eigenvalue weighted by Gasteiger charge is 2.18. The van der Waals surface area contributed by atoms with Crippen LogP contribution in [0.1, 0.15) is 18.5 Å². The molecule has 1 aromatic rings. The highest BCUT2D eigenvalue weighted by Crippen LogP contribution is 2.21. The molecule has 0 fully saturated rings. The van der Waals surface area contributed by atoms with E-state index in [2.05, 4.69) is 0 Å². The molecule has 1 aromatic carbocycles. The maximum absolute atomic E-state index is 13.6. The standard InChI is InChI=1S/C13H21FN2O/c1-10(12-6-4-5-7-13(12)14)16(2)9-11(8-15)17-3/h4-7,10-11H,8-9,15H2,1-3H3. The largest absolute Gasteiger partial charge is 0.379 e. The Bertz CT molecular complexity index is 342. The van der Waals surface area contributed by atoms with Crippen molar-refractivity contribution < 1.29 is 9.13 Å². The third kappa shape index (κ3) is 3.77. The zero-order valence-electron chi connectivity index (χ0n) is 10.7. The van der Waals surface area contributed by atoms with Gasteiger partial charge in [-0.25, -0.2) is 4.39 Å². The summed E-state index contributed by atoms with van der Waals surface area (Å²) in [6, 6.07) is 6.83. The fraction of sp³-hybridized carbons (Fsp3) is 0.538. The SMILES string of the molecule is COC(CN)CN(C)C(C)c1ccccc1F. The van der Waals surface area contributed by atoms with Crippen molar-refractivity contribution in [2.24, 2.45) is 5.73 Å². The van der Waals surface area contributed by atoms with Crippen LogP contribution in [0.3, 0.4) is 0 Å². The third-order valence-electron chi connectivity index (χ3n) is 3.10. The minimum Gasteiger partial charge on any atom is -0.379 e. The lowest BCUT2D eigenvalue weighted by atomic mass is 10.1. The molecule has 2 N–H and O–H groups in total. The minimum atomic E-state index is -0.173. The van der Waals surface area contributed by atoms with Crippen molar-refractivity contribution in [2.45, 2.75) is 19.1 Å². The molecule has 0 spiro atoms. The summed E-state index contributed by atoms with van der Waals surface area (Å²) in [5, 5.41) is 0. The van der Waals surface area contributed by atoms with Gasteiger partial charge in [0.2, 0.25) is 0 Å². The van der Waals surface area contributed by atoms with Gasteiger partial charge in [-0.15, -0.1) is 0 Å². The van der Waals surface area contributed by atoms with Crippen molar-refractivity contribution in [3.05, 3.63) is 35.6 Å². The van der Waals surface area contributed by atoms with Crippen molar-refractivity contribution in [2.75, 3.05) is 27.2 Å². The Kier molecular flexibility index (Phi) is 5.55. The topological polar surface area (TPSA) is 38.5 Å². The molecule has 0 aliphatic heterocycles. The lowest BCUT2D eigenvalue weighted by Gasteiger charge is -2.28. The maximum atomic E-state index is 13.6.